The van der Waals surface area contributed by atoms with Crippen molar-refractivity contribution in [2.45, 2.75) is 18.9 Å². The first-order valence-electron chi connectivity index (χ1n) is 7.96. The van der Waals surface area contributed by atoms with Crippen molar-refractivity contribution in [3.05, 3.63) is 47.2 Å². The smallest absolute Gasteiger partial charge is 0.338 e. The van der Waals surface area contributed by atoms with Crippen LogP contribution in [0.15, 0.2) is 36.7 Å². The average Bonchev–Trinajstić information content (AvgIpc) is 3.10. The molecule has 0 unspecified atom stereocenters. The summed E-state index contributed by atoms with van der Waals surface area (Å²) in [5.41, 5.74) is 0.174. The standard InChI is InChI=1S/C17H18ClN3O4/c18-13-2-1-3-15(8-13)25-11-16(22)20-6-4-14(5-7-20)21-10-12(9-19-21)17(23)24/h1-3,8-10,14H,4-7,11H2,(H,23,24). The molecule has 1 N–H and O–H groups in total. The van der Waals surface area contributed by atoms with Gasteiger partial charge in [-0.2, -0.15) is 5.10 Å². The molecule has 8 heteroatoms. The van der Waals surface area contributed by atoms with Gasteiger partial charge in [-0.1, -0.05) is 17.7 Å². The fourth-order valence-electron chi connectivity index (χ4n) is 2.82. The molecule has 1 amide bonds. The number of carbonyl (C=O) groups is 2. The quantitative estimate of drug-likeness (QED) is 0.882. The number of benzene rings is 1. The van der Waals surface area contributed by atoms with Gasteiger partial charge < -0.3 is 14.7 Å². The van der Waals surface area contributed by atoms with Crippen LogP contribution in [0.4, 0.5) is 0 Å². The maximum Gasteiger partial charge on any atom is 0.338 e. The first-order chi connectivity index (χ1) is 12.0. The van der Waals surface area contributed by atoms with Crippen LogP contribution in [-0.4, -0.2) is 51.4 Å². The lowest BCUT2D eigenvalue weighted by Gasteiger charge is -2.32. The summed E-state index contributed by atoms with van der Waals surface area (Å²) < 4.78 is 7.16. The minimum atomic E-state index is -0.989. The zero-order valence-corrected chi connectivity index (χ0v) is 14.2. The van der Waals surface area contributed by atoms with Gasteiger partial charge in [-0.05, 0) is 31.0 Å². The van der Waals surface area contributed by atoms with E-state index in [1.165, 1.54) is 12.4 Å². The second-order valence-corrected chi connectivity index (χ2v) is 6.31. The second-order valence-electron chi connectivity index (χ2n) is 5.87. The molecule has 0 saturated carbocycles. The van der Waals surface area contributed by atoms with Crippen molar-refractivity contribution in [3.8, 4) is 5.75 Å². The van der Waals surface area contributed by atoms with Crippen LogP contribution in [-0.2, 0) is 4.79 Å². The normalized spacial score (nSPS) is 15.2. The van der Waals surface area contributed by atoms with Crippen LogP contribution in [0.25, 0.3) is 0 Å². The van der Waals surface area contributed by atoms with Crippen LogP contribution in [0.5, 0.6) is 5.75 Å². The number of carboxylic acid groups (broad SMARTS) is 1. The lowest BCUT2D eigenvalue weighted by Crippen LogP contribution is -2.41. The summed E-state index contributed by atoms with van der Waals surface area (Å²) in [6.07, 6.45) is 4.33. The van der Waals surface area contributed by atoms with Crippen molar-refractivity contribution in [1.29, 1.82) is 0 Å². The third-order valence-electron chi connectivity index (χ3n) is 4.20. The Hall–Kier alpha value is -2.54. The molecule has 3 rings (SSSR count). The number of rotatable bonds is 5. The molecule has 1 fully saturated rings. The van der Waals surface area contributed by atoms with E-state index in [4.69, 9.17) is 21.4 Å². The Balaban J connectivity index is 1.49. The Labute approximate surface area is 149 Å². The Morgan fingerprint density at radius 2 is 2.08 bits per heavy atom. The fraction of sp³-hybridized carbons (Fsp3) is 0.353. The molecule has 0 radical (unpaired) electrons. The largest absolute Gasteiger partial charge is 0.484 e. The number of aromatic carboxylic acids is 1. The number of nitrogens with zero attached hydrogens (tertiary/aromatic N) is 3. The number of aromatic nitrogens is 2. The molecule has 1 aliphatic rings. The summed E-state index contributed by atoms with van der Waals surface area (Å²) in [5.74, 6) is -0.504. The molecule has 1 aromatic carbocycles. The van der Waals surface area contributed by atoms with Crippen molar-refractivity contribution >= 4 is 23.5 Å². The third-order valence-corrected chi connectivity index (χ3v) is 4.43. The minimum Gasteiger partial charge on any atom is -0.484 e. The maximum atomic E-state index is 12.3. The van der Waals surface area contributed by atoms with Crippen molar-refractivity contribution in [1.82, 2.24) is 14.7 Å². The number of hydrogen-bond donors (Lipinski definition) is 1. The van der Waals surface area contributed by atoms with Gasteiger partial charge in [-0.3, -0.25) is 9.48 Å². The van der Waals surface area contributed by atoms with Gasteiger partial charge in [0.05, 0.1) is 17.8 Å². The first kappa shape index (κ1) is 17.3. The molecule has 1 aromatic heterocycles. The van der Waals surface area contributed by atoms with Crippen LogP contribution in [0.3, 0.4) is 0 Å². The van der Waals surface area contributed by atoms with E-state index in [9.17, 15) is 9.59 Å². The van der Waals surface area contributed by atoms with E-state index >= 15 is 0 Å². The predicted molar refractivity (Wildman–Crippen MR) is 91.0 cm³/mol. The van der Waals surface area contributed by atoms with Gasteiger partial charge >= 0.3 is 5.97 Å². The lowest BCUT2D eigenvalue weighted by molar-refractivity contribution is -0.134. The number of carboxylic acids is 1. The molecular formula is C17H18ClN3O4. The molecule has 0 aliphatic carbocycles. The predicted octanol–water partition coefficient (Wildman–Crippen LogP) is 2.48. The van der Waals surface area contributed by atoms with Gasteiger partial charge in [0.25, 0.3) is 5.91 Å². The highest BCUT2D eigenvalue weighted by atomic mass is 35.5. The van der Waals surface area contributed by atoms with Crippen LogP contribution in [0, 0.1) is 0 Å². The molecule has 0 spiro atoms. The van der Waals surface area contributed by atoms with E-state index in [1.807, 2.05) is 0 Å². The molecule has 1 aliphatic heterocycles. The maximum absolute atomic E-state index is 12.3. The summed E-state index contributed by atoms with van der Waals surface area (Å²) in [5, 5.41) is 13.6. The van der Waals surface area contributed by atoms with Crippen molar-refractivity contribution in [2.24, 2.45) is 0 Å². The fourth-order valence-corrected chi connectivity index (χ4v) is 3.00. The molecule has 2 aromatic rings. The van der Waals surface area contributed by atoms with Gasteiger partial charge in [0.1, 0.15) is 5.75 Å². The summed E-state index contributed by atoms with van der Waals surface area (Å²) >= 11 is 5.88. The number of piperidine rings is 1. The topological polar surface area (TPSA) is 84.7 Å². The van der Waals surface area contributed by atoms with E-state index in [1.54, 1.807) is 33.8 Å². The zero-order chi connectivity index (χ0) is 17.8. The van der Waals surface area contributed by atoms with Crippen LogP contribution in [0.2, 0.25) is 5.02 Å². The Kier molecular flexibility index (Phi) is 5.23. The number of hydrogen-bond acceptors (Lipinski definition) is 4. The number of amides is 1. The molecule has 2 heterocycles. The van der Waals surface area contributed by atoms with Crippen molar-refractivity contribution < 1.29 is 19.4 Å². The SMILES string of the molecule is O=C(O)c1cnn(C2CCN(C(=O)COc3cccc(Cl)c3)CC2)c1. The van der Waals surface area contributed by atoms with Gasteiger partial charge in [0.2, 0.25) is 0 Å². The molecule has 1 saturated heterocycles. The van der Waals surface area contributed by atoms with Crippen LogP contribution in [0.1, 0.15) is 29.2 Å². The lowest BCUT2D eigenvalue weighted by atomic mass is 10.1. The van der Waals surface area contributed by atoms with Crippen molar-refractivity contribution in [3.63, 3.8) is 0 Å². The number of ether oxygens (including phenoxy) is 1. The van der Waals surface area contributed by atoms with E-state index < -0.39 is 5.97 Å². The van der Waals surface area contributed by atoms with Gasteiger partial charge in [-0.15, -0.1) is 0 Å². The van der Waals surface area contributed by atoms with E-state index in [-0.39, 0.29) is 24.1 Å². The van der Waals surface area contributed by atoms with E-state index in [2.05, 4.69) is 5.10 Å². The number of halogens is 1. The highest BCUT2D eigenvalue weighted by molar-refractivity contribution is 6.30. The molecular weight excluding hydrogens is 346 g/mol. The minimum absolute atomic E-state index is 0.0318. The van der Waals surface area contributed by atoms with Crippen LogP contribution < -0.4 is 4.74 Å². The van der Waals surface area contributed by atoms with Crippen molar-refractivity contribution in [2.75, 3.05) is 19.7 Å². The highest BCUT2D eigenvalue weighted by Gasteiger charge is 2.25. The number of carbonyl (C=O) groups excluding carboxylic acids is 1. The summed E-state index contributed by atoms with van der Waals surface area (Å²) in [6.45, 7) is 1.14. The average molecular weight is 364 g/mol. The summed E-state index contributed by atoms with van der Waals surface area (Å²) in [7, 11) is 0. The summed E-state index contributed by atoms with van der Waals surface area (Å²) in [4.78, 5) is 24.9. The zero-order valence-electron chi connectivity index (χ0n) is 13.5. The van der Waals surface area contributed by atoms with E-state index in [0.717, 1.165) is 12.8 Å². The first-order valence-corrected chi connectivity index (χ1v) is 8.34. The Morgan fingerprint density at radius 1 is 1.32 bits per heavy atom. The highest BCUT2D eigenvalue weighted by Crippen LogP contribution is 2.23. The monoisotopic (exact) mass is 363 g/mol. The second kappa shape index (κ2) is 7.57. The molecule has 25 heavy (non-hydrogen) atoms. The Bertz CT molecular complexity index is 769. The molecule has 0 bridgehead atoms. The number of likely N-dealkylation sites (tertiary alicyclic amines) is 1. The van der Waals surface area contributed by atoms with Gasteiger partial charge in [-0.25, -0.2) is 4.79 Å². The molecule has 0 atom stereocenters. The Morgan fingerprint density at radius 3 is 2.72 bits per heavy atom. The molecule has 132 valence electrons. The molecule has 7 nitrogen and oxygen atoms in total. The third kappa shape index (κ3) is 4.30. The van der Waals surface area contributed by atoms with E-state index in [0.29, 0.717) is 23.9 Å². The summed E-state index contributed by atoms with van der Waals surface area (Å²) in [6, 6.07) is 7.03. The van der Waals surface area contributed by atoms with Crippen LogP contribution >= 0.6 is 11.6 Å². The van der Waals surface area contributed by atoms with Gasteiger partial charge in [0, 0.05) is 24.3 Å². The van der Waals surface area contributed by atoms with Gasteiger partial charge in [0.15, 0.2) is 6.61 Å².